The van der Waals surface area contributed by atoms with Gasteiger partial charge in [0.25, 0.3) is 0 Å². The van der Waals surface area contributed by atoms with E-state index < -0.39 is 0 Å². The van der Waals surface area contributed by atoms with Gasteiger partial charge in [-0.3, -0.25) is 13.7 Å². The van der Waals surface area contributed by atoms with Gasteiger partial charge in [-0.1, -0.05) is 67.9 Å². The molecule has 2 atom stereocenters. The number of nitriles is 2. The van der Waals surface area contributed by atoms with E-state index in [1.165, 1.54) is 83.9 Å². The van der Waals surface area contributed by atoms with E-state index in [-0.39, 0.29) is 0 Å². The van der Waals surface area contributed by atoms with Gasteiger partial charge in [0.1, 0.15) is 18.5 Å². The molecule has 4 fully saturated rings. The Kier molecular flexibility index (Phi) is 14.9. The van der Waals surface area contributed by atoms with Crippen molar-refractivity contribution in [2.75, 3.05) is 88.2 Å². The van der Waals surface area contributed by atoms with E-state index in [4.69, 9.17) is 20.5 Å². The van der Waals surface area contributed by atoms with Gasteiger partial charge < -0.3 is 38.2 Å². The van der Waals surface area contributed by atoms with Crippen molar-refractivity contribution >= 4 is 17.2 Å². The Hall–Kier alpha value is -11.1. The number of nitrogens with zero attached hydrogens (tertiary/aromatic N) is 19. The van der Waals surface area contributed by atoms with Gasteiger partial charge in [-0.15, -0.1) is 20.4 Å². The number of aromatic nitrogens is 12. The van der Waals surface area contributed by atoms with Crippen LogP contribution < -0.4 is 14.7 Å². The molecule has 0 amide bonds. The van der Waals surface area contributed by atoms with Crippen molar-refractivity contribution in [2.24, 2.45) is 11.3 Å². The van der Waals surface area contributed by atoms with Crippen LogP contribution in [0.3, 0.4) is 0 Å². The van der Waals surface area contributed by atoms with E-state index in [2.05, 4.69) is 230 Å². The molecule has 5 aromatic carbocycles. The number of hydrogen-bond donors (Lipinski definition) is 0. The zero-order valence-electron chi connectivity index (χ0n) is 55.2. The molecule has 19 nitrogen and oxygen atoms in total. The lowest BCUT2D eigenvalue weighted by molar-refractivity contribution is 0.0424. The average Bonchev–Trinajstić information content (AvgIpc) is 1.62. The van der Waals surface area contributed by atoms with Crippen LogP contribution in [-0.4, -0.2) is 147 Å². The molecule has 19 rings (SSSR count). The highest BCUT2D eigenvalue weighted by atomic mass is 15.3. The van der Waals surface area contributed by atoms with Crippen LogP contribution in [-0.2, 0) is 19.6 Å². The van der Waals surface area contributed by atoms with Gasteiger partial charge in [0.2, 0.25) is 0 Å². The normalized spacial score (nSPS) is 17.4. The van der Waals surface area contributed by atoms with Gasteiger partial charge >= 0.3 is 0 Å². The Labute approximate surface area is 564 Å². The van der Waals surface area contributed by atoms with Gasteiger partial charge in [-0.05, 0) is 165 Å². The highest BCUT2D eigenvalue weighted by molar-refractivity contribution is 5.76. The molecule has 0 aliphatic carbocycles. The minimum absolute atomic E-state index is 0.501. The predicted molar refractivity (Wildman–Crippen MR) is 379 cm³/mol. The predicted octanol–water partition coefficient (Wildman–Crippen LogP) is 12.6. The van der Waals surface area contributed by atoms with Crippen LogP contribution >= 0.6 is 0 Å². The second kappa shape index (κ2) is 24.3. The average molecular weight is 1280 g/mol. The summed E-state index contributed by atoms with van der Waals surface area (Å²) in [6.45, 7) is 13.7. The van der Waals surface area contributed by atoms with Gasteiger partial charge in [-0.25, -0.2) is 9.97 Å². The largest absolute Gasteiger partial charge is 0.371 e. The smallest absolute Gasteiger partial charge is 0.185 e. The Morgan fingerprint density at radius 3 is 1.67 bits per heavy atom. The fourth-order valence-corrected chi connectivity index (χ4v) is 16.0. The van der Waals surface area contributed by atoms with Crippen LogP contribution in [0.15, 0.2) is 189 Å². The topological polar surface area (TPSA) is 171 Å². The molecule has 4 saturated heterocycles. The summed E-state index contributed by atoms with van der Waals surface area (Å²) in [5, 5.41) is 35.6. The molecule has 1 spiro atoms. The van der Waals surface area contributed by atoms with Crippen LogP contribution in [0, 0.1) is 34.0 Å². The van der Waals surface area contributed by atoms with Crippen molar-refractivity contribution in [3.63, 3.8) is 0 Å². The van der Waals surface area contributed by atoms with Gasteiger partial charge in [0.05, 0.1) is 69.6 Å². The van der Waals surface area contributed by atoms with Crippen LogP contribution in [0.2, 0.25) is 0 Å². The Bertz CT molecular complexity index is 5020. The zero-order valence-corrected chi connectivity index (χ0v) is 55.2. The third-order valence-corrected chi connectivity index (χ3v) is 21.2. The Morgan fingerprint density at radius 1 is 0.536 bits per heavy atom. The molecule has 0 radical (unpaired) electrons. The number of benzene rings is 5. The maximum absolute atomic E-state index is 9.10. The lowest BCUT2D eigenvalue weighted by atomic mass is 9.79. The molecular formula is C78H75N19. The summed E-state index contributed by atoms with van der Waals surface area (Å²) in [7, 11) is 6.52. The first kappa shape index (κ1) is 59.6. The van der Waals surface area contributed by atoms with E-state index in [9.17, 15) is 0 Å². The van der Waals surface area contributed by atoms with Gasteiger partial charge in [-0.2, -0.15) is 10.5 Å². The molecule has 19 heteroatoms. The standard InChI is InChI=1S/C27H25N5.C26H26N6.C25H24N8/c1-2-19-9-11-30(16-19)24-7-8-25-23(13-24)18-31-17-22(21-5-3-20(15-28)4-6-21)14-26(31)27-29-10-12-32(25)27;1-29-15-26(16-29)9-10-30(17-26)22-7-8-23-21(11-22)14-31-13-20(19-5-3-2-4-6-19)12-24(31)25-28-27-18-32(23)25;1-30(2)20-9-10-31(14-20)24-8-7-22-21(28-24)15-32-13-19(18-5-3-17(12-26)4-6-18)11-23(32)25-29-27-16-33(22)25/h3-8,10,12-14,17,19H,2,9,11,16,18H2,1H3;2-8,11-13,18H,9-10,14-17H2,1H3;3-8,11,13,16,20H,9-10,14-15H2,1-2H3/t19-;;20-/m1.1/s1. The molecule has 0 unspecified atom stereocenters. The summed E-state index contributed by atoms with van der Waals surface area (Å²) >= 11 is 0. The first-order valence-corrected chi connectivity index (χ1v) is 33.9. The third-order valence-electron chi connectivity index (χ3n) is 21.2. The molecule has 0 saturated carbocycles. The lowest BCUT2D eigenvalue weighted by Gasteiger charge is -2.46. The van der Waals surface area contributed by atoms with Crippen LogP contribution in [0.1, 0.15) is 60.6 Å². The summed E-state index contributed by atoms with van der Waals surface area (Å²) in [5.74, 6) is 4.49. The second-order valence-electron chi connectivity index (χ2n) is 27.6. The van der Waals surface area contributed by atoms with Crippen LogP contribution in [0.25, 0.3) is 85.0 Å². The number of rotatable bonds is 8. The SMILES string of the molecule is CC[C@@H]1CCN(c2ccc3c(c2)Cn2cc(-c4ccc(C#N)cc4)cc2-c2nccn2-3)C1.CN(C)[C@@H]1CCN(c2ccc3c(n2)Cn2cc(-c4ccc(C#N)cc4)cc2-c2nncn2-3)C1.CN1CC2(CCN(c3ccc4c(c3)Cn3cc(-c5ccccc5)cc3-c3nncn3-4)C2)C1. The summed E-state index contributed by atoms with van der Waals surface area (Å²) in [5.41, 5.74) is 21.6. The summed E-state index contributed by atoms with van der Waals surface area (Å²) in [4.78, 5) is 22.0. The fraction of sp³-hybridized carbons (Fsp3) is 0.282. The summed E-state index contributed by atoms with van der Waals surface area (Å²) in [6.07, 6.45) is 19.1. The minimum Gasteiger partial charge on any atom is -0.371 e. The van der Waals surface area contributed by atoms with Crippen molar-refractivity contribution in [1.82, 2.24) is 67.6 Å². The van der Waals surface area contributed by atoms with Crippen molar-refractivity contribution in [2.45, 2.75) is 58.3 Å². The van der Waals surface area contributed by atoms with E-state index in [1.807, 2.05) is 65.6 Å². The maximum atomic E-state index is 9.10. The number of hydrogen-bond acceptors (Lipinski definition) is 13. The number of fused-ring (bicyclic) bond motifs is 15. The fourth-order valence-electron chi connectivity index (χ4n) is 16.0. The first-order valence-electron chi connectivity index (χ1n) is 33.9. The van der Waals surface area contributed by atoms with E-state index in [1.54, 1.807) is 6.33 Å². The molecule has 12 aromatic rings. The highest BCUT2D eigenvalue weighted by Crippen LogP contribution is 2.43. The molecular weight excluding hydrogens is 1200 g/mol. The van der Waals surface area contributed by atoms with Gasteiger partial charge in [0, 0.05) is 136 Å². The molecule has 7 aromatic heterocycles. The van der Waals surface area contributed by atoms with Crippen LogP contribution in [0.4, 0.5) is 17.2 Å². The minimum atomic E-state index is 0.501. The molecule has 7 aliphatic heterocycles. The quantitative estimate of drug-likeness (QED) is 0.141. The molecule has 482 valence electrons. The molecule has 0 bridgehead atoms. The zero-order chi connectivity index (χ0) is 65.5. The number of imidazole rings is 1. The molecule has 0 N–H and O–H groups in total. The molecule has 7 aliphatic rings. The Morgan fingerprint density at radius 2 is 1.09 bits per heavy atom. The summed E-state index contributed by atoms with van der Waals surface area (Å²) in [6, 6.07) is 55.6. The lowest BCUT2D eigenvalue weighted by Crippen LogP contribution is -2.55. The second-order valence-corrected chi connectivity index (χ2v) is 27.6. The number of likely N-dealkylation sites (tertiary alicyclic amines) is 1. The van der Waals surface area contributed by atoms with E-state index in [0.717, 1.165) is 132 Å². The van der Waals surface area contributed by atoms with Crippen molar-refractivity contribution in [1.29, 1.82) is 10.5 Å². The third kappa shape index (κ3) is 10.9. The van der Waals surface area contributed by atoms with Crippen molar-refractivity contribution < 1.29 is 0 Å². The highest BCUT2D eigenvalue weighted by Gasteiger charge is 2.46. The van der Waals surface area contributed by atoms with Crippen molar-refractivity contribution in [3.05, 3.63) is 217 Å². The monoisotopic (exact) mass is 1280 g/mol. The Balaban J connectivity index is 0.000000110. The number of likely N-dealkylation sites (N-methyl/N-ethyl adjacent to an activating group) is 1. The summed E-state index contributed by atoms with van der Waals surface area (Å²) < 4.78 is 13.2. The first-order chi connectivity index (χ1) is 47.5. The molecule has 97 heavy (non-hydrogen) atoms. The maximum Gasteiger partial charge on any atom is 0.185 e. The number of pyridine rings is 1. The van der Waals surface area contributed by atoms with E-state index >= 15 is 0 Å². The molecule has 14 heterocycles. The number of anilines is 3. The van der Waals surface area contributed by atoms with E-state index in [0.29, 0.717) is 29.1 Å². The van der Waals surface area contributed by atoms with Crippen LogP contribution in [0.5, 0.6) is 0 Å². The van der Waals surface area contributed by atoms with Gasteiger partial charge in [0.15, 0.2) is 17.5 Å². The van der Waals surface area contributed by atoms with Crippen molar-refractivity contribution in [3.8, 4) is 97.1 Å².